The quantitative estimate of drug-likeness (QED) is 0.622. The van der Waals surface area contributed by atoms with Gasteiger partial charge in [0.2, 0.25) is 0 Å². The van der Waals surface area contributed by atoms with Gasteiger partial charge >= 0.3 is 11.9 Å². The Labute approximate surface area is 140 Å². The summed E-state index contributed by atoms with van der Waals surface area (Å²) in [6.07, 6.45) is 2.62. The average molecular weight is 326 g/mol. The average Bonchev–Trinajstić information content (AvgIpc) is 2.59. The van der Waals surface area contributed by atoms with Crippen LogP contribution in [0.15, 0.2) is 54.6 Å². The zero-order chi connectivity index (χ0) is 17.4. The Hall–Kier alpha value is -3.08. The standard InChI is InChI=1S/C19H18O5/c1-2-23-16-10-6-9-15(18(16)19(21)22)11-12-17(20)24-13-14-7-4-3-5-8-14/h3-12H,2,13H2,1H3,(H,21,22). The molecule has 0 spiro atoms. The van der Waals surface area contributed by atoms with Gasteiger partial charge in [-0.05, 0) is 30.2 Å². The summed E-state index contributed by atoms with van der Waals surface area (Å²) in [5.74, 6) is -1.39. The number of benzene rings is 2. The maximum Gasteiger partial charge on any atom is 0.340 e. The third kappa shape index (κ3) is 4.71. The molecule has 0 heterocycles. The first-order valence-corrected chi connectivity index (χ1v) is 7.49. The van der Waals surface area contributed by atoms with Crippen molar-refractivity contribution in [2.45, 2.75) is 13.5 Å². The Kier molecular flexibility index (Phi) is 6.14. The summed E-state index contributed by atoms with van der Waals surface area (Å²) in [4.78, 5) is 23.2. The van der Waals surface area contributed by atoms with Gasteiger partial charge in [0, 0.05) is 6.08 Å². The van der Waals surface area contributed by atoms with Crippen LogP contribution in [-0.2, 0) is 16.1 Å². The van der Waals surface area contributed by atoms with Crippen LogP contribution in [-0.4, -0.2) is 23.7 Å². The van der Waals surface area contributed by atoms with E-state index < -0.39 is 11.9 Å². The molecule has 0 aliphatic heterocycles. The zero-order valence-corrected chi connectivity index (χ0v) is 13.3. The van der Waals surface area contributed by atoms with Crippen LogP contribution in [0, 0.1) is 0 Å². The first-order chi connectivity index (χ1) is 11.6. The van der Waals surface area contributed by atoms with Gasteiger partial charge in [-0.2, -0.15) is 0 Å². The number of carboxylic acid groups (broad SMARTS) is 1. The molecule has 0 aromatic heterocycles. The second kappa shape index (κ2) is 8.53. The number of rotatable bonds is 7. The molecule has 24 heavy (non-hydrogen) atoms. The highest BCUT2D eigenvalue weighted by Crippen LogP contribution is 2.23. The van der Waals surface area contributed by atoms with Crippen molar-refractivity contribution in [3.05, 3.63) is 71.3 Å². The molecule has 0 aliphatic rings. The van der Waals surface area contributed by atoms with E-state index >= 15 is 0 Å². The largest absolute Gasteiger partial charge is 0.493 e. The van der Waals surface area contributed by atoms with Gasteiger partial charge in [0.25, 0.3) is 0 Å². The number of hydrogen-bond acceptors (Lipinski definition) is 4. The molecule has 0 saturated heterocycles. The highest BCUT2D eigenvalue weighted by atomic mass is 16.5. The maximum absolute atomic E-state index is 11.8. The van der Waals surface area contributed by atoms with Crippen LogP contribution in [0.3, 0.4) is 0 Å². The Morgan fingerprint density at radius 2 is 1.83 bits per heavy atom. The smallest absolute Gasteiger partial charge is 0.340 e. The van der Waals surface area contributed by atoms with Crippen LogP contribution in [0.5, 0.6) is 5.75 Å². The lowest BCUT2D eigenvalue weighted by Crippen LogP contribution is -2.05. The van der Waals surface area contributed by atoms with Crippen molar-refractivity contribution in [2.24, 2.45) is 0 Å². The number of ether oxygens (including phenoxy) is 2. The van der Waals surface area contributed by atoms with Crippen LogP contribution in [0.4, 0.5) is 0 Å². The fraction of sp³-hybridized carbons (Fsp3) is 0.158. The lowest BCUT2D eigenvalue weighted by molar-refractivity contribution is -0.138. The molecule has 0 atom stereocenters. The van der Waals surface area contributed by atoms with Crippen molar-refractivity contribution in [1.29, 1.82) is 0 Å². The van der Waals surface area contributed by atoms with Crippen LogP contribution in [0.25, 0.3) is 6.08 Å². The number of aromatic carboxylic acids is 1. The van der Waals surface area contributed by atoms with E-state index in [1.165, 1.54) is 12.2 Å². The lowest BCUT2D eigenvalue weighted by atomic mass is 10.1. The highest BCUT2D eigenvalue weighted by Gasteiger charge is 2.15. The molecule has 0 bridgehead atoms. The number of carboxylic acids is 1. The molecule has 0 saturated carbocycles. The Morgan fingerprint density at radius 1 is 1.08 bits per heavy atom. The molecule has 0 radical (unpaired) electrons. The molecule has 0 amide bonds. The van der Waals surface area contributed by atoms with E-state index in [0.29, 0.717) is 12.2 Å². The van der Waals surface area contributed by atoms with E-state index in [2.05, 4.69) is 0 Å². The van der Waals surface area contributed by atoms with E-state index in [4.69, 9.17) is 9.47 Å². The van der Waals surface area contributed by atoms with Crippen LogP contribution in [0.2, 0.25) is 0 Å². The molecule has 1 N–H and O–H groups in total. The van der Waals surface area contributed by atoms with Crippen LogP contribution < -0.4 is 4.74 Å². The summed E-state index contributed by atoms with van der Waals surface area (Å²) in [5.41, 5.74) is 1.28. The van der Waals surface area contributed by atoms with Gasteiger partial charge in [0.05, 0.1) is 6.61 Å². The summed E-state index contributed by atoms with van der Waals surface area (Å²) in [7, 11) is 0. The van der Waals surface area contributed by atoms with Gasteiger partial charge < -0.3 is 14.6 Å². The number of esters is 1. The van der Waals surface area contributed by atoms with E-state index in [0.717, 1.165) is 5.56 Å². The number of carbonyl (C=O) groups is 2. The third-order valence-corrected chi connectivity index (χ3v) is 3.20. The molecule has 2 aromatic carbocycles. The fourth-order valence-electron chi connectivity index (χ4n) is 2.13. The summed E-state index contributed by atoms with van der Waals surface area (Å²) < 4.78 is 10.4. The minimum absolute atomic E-state index is 0.0199. The molecule has 0 fully saturated rings. The van der Waals surface area contributed by atoms with Gasteiger partial charge in [-0.15, -0.1) is 0 Å². The number of hydrogen-bond donors (Lipinski definition) is 1. The SMILES string of the molecule is CCOc1cccc(C=CC(=O)OCc2ccccc2)c1C(=O)O. The normalized spacial score (nSPS) is 10.5. The van der Waals surface area contributed by atoms with Gasteiger partial charge in [-0.3, -0.25) is 0 Å². The number of carbonyl (C=O) groups excluding carboxylic acids is 1. The summed E-state index contributed by atoms with van der Waals surface area (Å²) >= 11 is 0. The second-order valence-corrected chi connectivity index (χ2v) is 4.89. The summed E-state index contributed by atoms with van der Waals surface area (Å²) in [5, 5.41) is 9.36. The predicted octanol–water partition coefficient (Wildman–Crippen LogP) is 3.54. The molecular formula is C19H18O5. The predicted molar refractivity (Wildman–Crippen MR) is 89.8 cm³/mol. The Morgan fingerprint density at radius 3 is 2.50 bits per heavy atom. The Balaban J connectivity index is 2.09. The molecule has 5 heteroatoms. The molecule has 2 rings (SSSR count). The lowest BCUT2D eigenvalue weighted by Gasteiger charge is -2.09. The van der Waals surface area contributed by atoms with E-state index in [1.807, 2.05) is 30.3 Å². The second-order valence-electron chi connectivity index (χ2n) is 4.89. The molecular weight excluding hydrogens is 308 g/mol. The fourth-order valence-corrected chi connectivity index (χ4v) is 2.13. The van der Waals surface area contributed by atoms with Crippen LogP contribution >= 0.6 is 0 Å². The summed E-state index contributed by atoms with van der Waals surface area (Å²) in [6.45, 7) is 2.29. The van der Waals surface area contributed by atoms with E-state index in [1.54, 1.807) is 25.1 Å². The Bertz CT molecular complexity index is 735. The maximum atomic E-state index is 11.8. The van der Waals surface area contributed by atoms with Crippen molar-refractivity contribution in [1.82, 2.24) is 0 Å². The van der Waals surface area contributed by atoms with Crippen molar-refractivity contribution in [3.8, 4) is 5.75 Å². The third-order valence-electron chi connectivity index (χ3n) is 3.20. The molecule has 0 aliphatic carbocycles. The first-order valence-electron chi connectivity index (χ1n) is 7.49. The molecule has 124 valence electrons. The molecule has 0 unspecified atom stereocenters. The minimum Gasteiger partial charge on any atom is -0.493 e. The summed E-state index contributed by atoms with van der Waals surface area (Å²) in [6, 6.07) is 14.2. The topological polar surface area (TPSA) is 72.8 Å². The van der Waals surface area contributed by atoms with Gasteiger partial charge in [0.15, 0.2) is 0 Å². The highest BCUT2D eigenvalue weighted by molar-refractivity contribution is 5.97. The monoisotopic (exact) mass is 326 g/mol. The minimum atomic E-state index is -1.11. The molecule has 5 nitrogen and oxygen atoms in total. The molecule has 2 aromatic rings. The van der Waals surface area contributed by atoms with Crippen molar-refractivity contribution >= 4 is 18.0 Å². The van der Waals surface area contributed by atoms with Gasteiger partial charge in [0.1, 0.15) is 17.9 Å². The van der Waals surface area contributed by atoms with Crippen molar-refractivity contribution < 1.29 is 24.2 Å². The van der Waals surface area contributed by atoms with Gasteiger partial charge in [-0.25, -0.2) is 9.59 Å². The van der Waals surface area contributed by atoms with Crippen molar-refractivity contribution in [3.63, 3.8) is 0 Å². The first kappa shape index (κ1) is 17.3. The van der Waals surface area contributed by atoms with Crippen LogP contribution in [0.1, 0.15) is 28.4 Å². The van der Waals surface area contributed by atoms with E-state index in [-0.39, 0.29) is 17.9 Å². The van der Waals surface area contributed by atoms with Gasteiger partial charge in [-0.1, -0.05) is 42.5 Å². The van der Waals surface area contributed by atoms with E-state index in [9.17, 15) is 14.7 Å². The van der Waals surface area contributed by atoms with Crippen molar-refractivity contribution in [2.75, 3.05) is 6.61 Å². The zero-order valence-electron chi connectivity index (χ0n) is 13.3.